The number of phenols is 1. The van der Waals surface area contributed by atoms with Crippen LogP contribution in [0.4, 0.5) is 0 Å². The summed E-state index contributed by atoms with van der Waals surface area (Å²) in [5.74, 6) is -0.283. The van der Waals surface area contributed by atoms with Crippen molar-refractivity contribution in [2.75, 3.05) is 6.54 Å². The number of aldehydes is 1. The zero-order valence-electron chi connectivity index (χ0n) is 10.3. The van der Waals surface area contributed by atoms with Crippen LogP contribution in [0.2, 0.25) is 0 Å². The molecule has 1 aromatic carbocycles. The second kappa shape index (κ2) is 5.10. The van der Waals surface area contributed by atoms with Gasteiger partial charge in [0.1, 0.15) is 5.75 Å². The van der Waals surface area contributed by atoms with Gasteiger partial charge in [0, 0.05) is 11.1 Å². The molecular weight excluding hydrogens is 218 g/mol. The smallest absolute Gasteiger partial charge is 0.176 e. The Kier molecular flexibility index (Phi) is 4.02. The van der Waals surface area contributed by atoms with Crippen LogP contribution in [0.5, 0.6) is 5.75 Å². The molecule has 0 radical (unpaired) electrons. The normalized spacial score (nSPS) is 11.2. The van der Waals surface area contributed by atoms with Crippen LogP contribution in [-0.4, -0.2) is 29.3 Å². The maximum Gasteiger partial charge on any atom is 0.176 e. The lowest BCUT2D eigenvalue weighted by atomic mass is 10.1. The van der Waals surface area contributed by atoms with E-state index >= 15 is 0 Å². The maximum absolute atomic E-state index is 11.8. The number of hydrogen-bond donors (Lipinski definition) is 2. The Morgan fingerprint density at radius 2 is 2.06 bits per heavy atom. The highest BCUT2D eigenvalue weighted by Gasteiger charge is 2.13. The van der Waals surface area contributed by atoms with Crippen molar-refractivity contribution in [1.82, 2.24) is 5.32 Å². The summed E-state index contributed by atoms with van der Waals surface area (Å²) < 4.78 is 0. The first-order chi connectivity index (χ1) is 7.83. The Labute approximate surface area is 101 Å². The molecule has 2 N–H and O–H groups in total. The molecular formula is C13H17NO3. The molecule has 0 aromatic heterocycles. The minimum absolute atomic E-state index is 0.118. The van der Waals surface area contributed by atoms with E-state index in [1.54, 1.807) is 0 Å². The first-order valence-corrected chi connectivity index (χ1v) is 5.40. The van der Waals surface area contributed by atoms with Crippen LogP contribution < -0.4 is 5.32 Å². The Morgan fingerprint density at radius 3 is 2.53 bits per heavy atom. The van der Waals surface area contributed by atoms with E-state index in [-0.39, 0.29) is 29.2 Å². The van der Waals surface area contributed by atoms with Crippen molar-refractivity contribution in [3.8, 4) is 5.75 Å². The highest BCUT2D eigenvalue weighted by molar-refractivity contribution is 5.98. The van der Waals surface area contributed by atoms with Crippen LogP contribution in [0.25, 0.3) is 0 Å². The molecule has 0 aliphatic rings. The molecule has 0 saturated carbocycles. The number of aromatic hydroxyl groups is 1. The van der Waals surface area contributed by atoms with Gasteiger partial charge in [0.05, 0.1) is 12.1 Å². The molecule has 4 heteroatoms. The van der Waals surface area contributed by atoms with Gasteiger partial charge in [-0.05, 0) is 32.9 Å². The van der Waals surface area contributed by atoms with E-state index in [9.17, 15) is 14.7 Å². The summed E-state index contributed by atoms with van der Waals surface area (Å²) in [6, 6.07) is 4.29. The number of phenolic OH excluding ortho intramolecular Hbond substituents is 1. The number of ketones is 1. The zero-order valence-corrected chi connectivity index (χ0v) is 10.3. The monoisotopic (exact) mass is 235 g/mol. The Hall–Kier alpha value is -1.68. The molecule has 0 aliphatic heterocycles. The third-order valence-electron chi connectivity index (χ3n) is 2.26. The third kappa shape index (κ3) is 4.00. The van der Waals surface area contributed by atoms with Gasteiger partial charge in [-0.1, -0.05) is 6.07 Å². The summed E-state index contributed by atoms with van der Waals surface area (Å²) in [7, 11) is 0. The summed E-state index contributed by atoms with van der Waals surface area (Å²) in [5.41, 5.74) is 0.440. The van der Waals surface area contributed by atoms with Crippen LogP contribution >= 0.6 is 0 Å². The van der Waals surface area contributed by atoms with Gasteiger partial charge in [0.25, 0.3) is 0 Å². The van der Waals surface area contributed by atoms with E-state index < -0.39 is 0 Å². The molecule has 0 fully saturated rings. The van der Waals surface area contributed by atoms with Gasteiger partial charge >= 0.3 is 0 Å². The number of benzene rings is 1. The molecule has 0 amide bonds. The van der Waals surface area contributed by atoms with Gasteiger partial charge in [0.2, 0.25) is 0 Å². The van der Waals surface area contributed by atoms with Crippen LogP contribution in [0.3, 0.4) is 0 Å². The van der Waals surface area contributed by atoms with E-state index in [0.717, 1.165) is 0 Å². The predicted molar refractivity (Wildman–Crippen MR) is 65.6 cm³/mol. The van der Waals surface area contributed by atoms with Crippen molar-refractivity contribution in [2.45, 2.75) is 26.3 Å². The molecule has 1 rings (SSSR count). The molecule has 0 heterocycles. The van der Waals surface area contributed by atoms with E-state index in [1.165, 1.54) is 18.2 Å². The number of rotatable bonds is 4. The number of carbonyl (C=O) groups excluding carboxylic acids is 2. The SMILES string of the molecule is CC(C)(C)NCC(=O)c1ccc(C=O)c(O)c1. The Morgan fingerprint density at radius 1 is 1.41 bits per heavy atom. The van der Waals surface area contributed by atoms with Crippen LogP contribution in [0, 0.1) is 0 Å². The molecule has 17 heavy (non-hydrogen) atoms. The number of carbonyl (C=O) groups is 2. The second-order valence-corrected chi connectivity index (χ2v) is 4.92. The Balaban J connectivity index is 2.77. The number of hydrogen-bond acceptors (Lipinski definition) is 4. The molecule has 0 aliphatic carbocycles. The van der Waals surface area contributed by atoms with Crippen LogP contribution in [0.15, 0.2) is 18.2 Å². The summed E-state index contributed by atoms with van der Waals surface area (Å²) in [4.78, 5) is 22.3. The highest BCUT2D eigenvalue weighted by atomic mass is 16.3. The van der Waals surface area contributed by atoms with Gasteiger partial charge in [-0.15, -0.1) is 0 Å². The molecule has 4 nitrogen and oxygen atoms in total. The number of Topliss-reactive ketones (excluding diaryl/α,β-unsaturated/α-hetero) is 1. The van der Waals surface area contributed by atoms with Gasteiger partial charge in [-0.2, -0.15) is 0 Å². The fourth-order valence-electron chi connectivity index (χ4n) is 1.26. The molecule has 0 bridgehead atoms. The summed E-state index contributed by atoms with van der Waals surface area (Å²) >= 11 is 0. The van der Waals surface area contributed by atoms with Gasteiger partial charge in [-0.3, -0.25) is 9.59 Å². The maximum atomic E-state index is 11.8. The average molecular weight is 235 g/mol. The fourth-order valence-corrected chi connectivity index (χ4v) is 1.26. The van der Waals surface area contributed by atoms with Crippen LogP contribution in [-0.2, 0) is 0 Å². The molecule has 0 saturated heterocycles. The minimum Gasteiger partial charge on any atom is -0.507 e. The molecule has 92 valence electrons. The Bertz CT molecular complexity index is 433. The zero-order chi connectivity index (χ0) is 13.1. The highest BCUT2D eigenvalue weighted by Crippen LogP contribution is 2.17. The minimum atomic E-state index is -0.165. The van der Waals surface area contributed by atoms with Crippen molar-refractivity contribution in [3.63, 3.8) is 0 Å². The quantitative estimate of drug-likeness (QED) is 0.616. The van der Waals surface area contributed by atoms with Gasteiger partial charge < -0.3 is 10.4 Å². The van der Waals surface area contributed by atoms with Crippen molar-refractivity contribution in [1.29, 1.82) is 0 Å². The van der Waals surface area contributed by atoms with Gasteiger partial charge in [0.15, 0.2) is 12.1 Å². The molecule has 0 spiro atoms. The van der Waals surface area contributed by atoms with Crippen molar-refractivity contribution in [3.05, 3.63) is 29.3 Å². The second-order valence-electron chi connectivity index (χ2n) is 4.92. The van der Waals surface area contributed by atoms with Crippen molar-refractivity contribution >= 4 is 12.1 Å². The molecule has 0 atom stereocenters. The van der Waals surface area contributed by atoms with E-state index in [2.05, 4.69) is 5.32 Å². The van der Waals surface area contributed by atoms with Crippen molar-refractivity contribution in [2.24, 2.45) is 0 Å². The topological polar surface area (TPSA) is 66.4 Å². The van der Waals surface area contributed by atoms with Gasteiger partial charge in [-0.25, -0.2) is 0 Å². The van der Waals surface area contributed by atoms with E-state index in [0.29, 0.717) is 11.8 Å². The lowest BCUT2D eigenvalue weighted by Gasteiger charge is -2.19. The average Bonchev–Trinajstić information content (AvgIpc) is 2.24. The first kappa shape index (κ1) is 13.4. The lowest BCUT2D eigenvalue weighted by molar-refractivity contribution is 0.0980. The largest absolute Gasteiger partial charge is 0.507 e. The number of nitrogens with one attached hydrogen (secondary N) is 1. The van der Waals surface area contributed by atoms with E-state index in [4.69, 9.17) is 0 Å². The van der Waals surface area contributed by atoms with Crippen molar-refractivity contribution < 1.29 is 14.7 Å². The van der Waals surface area contributed by atoms with Crippen LogP contribution in [0.1, 0.15) is 41.5 Å². The molecule has 1 aromatic rings. The standard InChI is InChI=1S/C13H17NO3/c1-13(2,3)14-7-12(17)9-4-5-10(8-15)11(16)6-9/h4-6,8,14,16H,7H2,1-3H3. The molecule has 0 unspecified atom stereocenters. The fraction of sp³-hybridized carbons (Fsp3) is 0.385. The first-order valence-electron chi connectivity index (χ1n) is 5.40. The summed E-state index contributed by atoms with van der Waals surface area (Å²) in [6.45, 7) is 6.09. The van der Waals surface area contributed by atoms with E-state index in [1.807, 2.05) is 20.8 Å². The predicted octanol–water partition coefficient (Wildman–Crippen LogP) is 1.78. The summed E-state index contributed by atoms with van der Waals surface area (Å²) in [6.07, 6.45) is 0.553. The summed E-state index contributed by atoms with van der Waals surface area (Å²) in [5, 5.41) is 12.5. The lowest BCUT2D eigenvalue weighted by Crippen LogP contribution is -2.39. The third-order valence-corrected chi connectivity index (χ3v) is 2.26.